The quantitative estimate of drug-likeness (QED) is 0.276. The third kappa shape index (κ3) is 5.85. The van der Waals surface area contributed by atoms with Crippen LogP contribution in [0.2, 0.25) is 0 Å². The highest BCUT2D eigenvalue weighted by molar-refractivity contribution is 14.0. The normalized spacial score (nSPS) is 11.1. The molecule has 0 aliphatic rings. The molecule has 7 heteroatoms. The molecule has 6 nitrogen and oxygen atoms in total. The van der Waals surface area contributed by atoms with Crippen molar-refractivity contribution in [2.24, 2.45) is 4.99 Å². The summed E-state index contributed by atoms with van der Waals surface area (Å²) < 4.78 is 5.38. The Hall–Kier alpha value is -2.29. The van der Waals surface area contributed by atoms with E-state index in [0.717, 1.165) is 53.6 Å². The fourth-order valence-electron chi connectivity index (χ4n) is 2.76. The number of nitrogens with zero attached hydrogens (tertiary/aromatic N) is 2. The highest BCUT2D eigenvalue weighted by Gasteiger charge is 2.04. The van der Waals surface area contributed by atoms with E-state index in [2.05, 4.69) is 32.5 Å². The Morgan fingerprint density at radius 1 is 1.11 bits per heavy atom. The van der Waals surface area contributed by atoms with E-state index in [-0.39, 0.29) is 24.0 Å². The highest BCUT2D eigenvalue weighted by atomic mass is 127. The van der Waals surface area contributed by atoms with Crippen LogP contribution in [0.4, 0.5) is 0 Å². The smallest absolute Gasteiger partial charge is 0.191 e. The Morgan fingerprint density at radius 3 is 2.67 bits per heavy atom. The molecule has 0 amide bonds. The third-order valence-electron chi connectivity index (χ3n) is 4.04. The van der Waals surface area contributed by atoms with Crippen LogP contribution >= 0.6 is 24.0 Å². The van der Waals surface area contributed by atoms with Crippen molar-refractivity contribution in [3.63, 3.8) is 0 Å². The van der Waals surface area contributed by atoms with Gasteiger partial charge in [-0.3, -0.25) is 0 Å². The Balaban J connectivity index is 0.00000261. The maximum atomic E-state index is 5.38. The number of methoxy groups -OCH3 is 1. The largest absolute Gasteiger partial charge is 0.496 e. The number of hydrogen-bond acceptors (Lipinski definition) is 3. The molecule has 3 aromatic rings. The molecule has 1 heterocycles. The van der Waals surface area contributed by atoms with Gasteiger partial charge in [0.15, 0.2) is 5.96 Å². The molecule has 1 aromatic heterocycles. The summed E-state index contributed by atoms with van der Waals surface area (Å²) >= 11 is 0. The van der Waals surface area contributed by atoms with E-state index in [1.54, 1.807) is 7.11 Å². The van der Waals surface area contributed by atoms with Gasteiger partial charge in [-0.2, -0.15) is 0 Å². The van der Waals surface area contributed by atoms with Crippen molar-refractivity contribution in [2.45, 2.75) is 19.9 Å². The van der Waals surface area contributed by atoms with Crippen LogP contribution in [-0.4, -0.2) is 36.1 Å². The number of aromatic amines is 1. The van der Waals surface area contributed by atoms with E-state index in [9.17, 15) is 0 Å². The zero-order valence-electron chi connectivity index (χ0n) is 15.7. The Kier molecular flexibility index (Phi) is 8.38. The van der Waals surface area contributed by atoms with Crippen LogP contribution < -0.4 is 15.4 Å². The van der Waals surface area contributed by atoms with Crippen LogP contribution in [-0.2, 0) is 13.0 Å². The molecule has 3 rings (SSSR count). The van der Waals surface area contributed by atoms with Crippen molar-refractivity contribution >= 4 is 41.0 Å². The Morgan fingerprint density at radius 2 is 1.89 bits per heavy atom. The molecule has 3 N–H and O–H groups in total. The molecule has 0 saturated heterocycles. The predicted molar refractivity (Wildman–Crippen MR) is 121 cm³/mol. The number of benzene rings is 2. The summed E-state index contributed by atoms with van der Waals surface area (Å²) in [5, 5.41) is 6.63. The van der Waals surface area contributed by atoms with Crippen molar-refractivity contribution in [3.05, 3.63) is 59.9 Å². The average molecular weight is 479 g/mol. The molecule has 0 unspecified atom stereocenters. The maximum Gasteiger partial charge on any atom is 0.191 e. The first-order chi connectivity index (χ1) is 12.8. The number of hydrogen-bond donors (Lipinski definition) is 3. The number of fused-ring (bicyclic) bond motifs is 1. The zero-order valence-corrected chi connectivity index (χ0v) is 18.0. The number of H-pyrrole nitrogens is 1. The molecule has 0 spiro atoms. The van der Waals surface area contributed by atoms with Gasteiger partial charge in [0, 0.05) is 25.1 Å². The summed E-state index contributed by atoms with van der Waals surface area (Å²) in [5.41, 5.74) is 3.13. The number of ether oxygens (including phenoxy) is 1. The second kappa shape index (κ2) is 10.8. The summed E-state index contributed by atoms with van der Waals surface area (Å²) in [5.74, 6) is 2.61. The number of rotatable bonds is 7. The van der Waals surface area contributed by atoms with Gasteiger partial charge in [-0.15, -0.1) is 24.0 Å². The Labute approximate surface area is 176 Å². The fourth-order valence-corrected chi connectivity index (χ4v) is 2.76. The highest BCUT2D eigenvalue weighted by Crippen LogP contribution is 2.17. The summed E-state index contributed by atoms with van der Waals surface area (Å²) in [6.07, 6.45) is 0.799. The van der Waals surface area contributed by atoms with Crippen molar-refractivity contribution in [2.75, 3.05) is 20.2 Å². The van der Waals surface area contributed by atoms with Crippen molar-refractivity contribution in [3.8, 4) is 5.75 Å². The first-order valence-corrected chi connectivity index (χ1v) is 8.88. The summed E-state index contributed by atoms with van der Waals surface area (Å²) in [4.78, 5) is 12.6. The molecular weight excluding hydrogens is 453 g/mol. The molecule has 0 aliphatic carbocycles. The number of aliphatic imine (C=N–C) groups is 1. The second-order valence-corrected chi connectivity index (χ2v) is 5.88. The molecule has 2 aromatic carbocycles. The van der Waals surface area contributed by atoms with Crippen LogP contribution in [0.15, 0.2) is 53.5 Å². The maximum absolute atomic E-state index is 5.38. The lowest BCUT2D eigenvalue weighted by Crippen LogP contribution is -2.38. The number of para-hydroxylation sites is 3. The third-order valence-corrected chi connectivity index (χ3v) is 4.04. The molecule has 0 atom stereocenters. The fraction of sp³-hybridized carbons (Fsp3) is 0.300. The van der Waals surface area contributed by atoms with E-state index >= 15 is 0 Å². The van der Waals surface area contributed by atoms with Gasteiger partial charge in [-0.25, -0.2) is 9.98 Å². The van der Waals surface area contributed by atoms with Gasteiger partial charge in [0.2, 0.25) is 0 Å². The first-order valence-electron chi connectivity index (χ1n) is 8.88. The summed E-state index contributed by atoms with van der Waals surface area (Å²) in [6.45, 7) is 4.17. The van der Waals surface area contributed by atoms with Crippen LogP contribution in [0.5, 0.6) is 5.75 Å². The summed E-state index contributed by atoms with van der Waals surface area (Å²) in [6, 6.07) is 16.0. The monoisotopic (exact) mass is 479 g/mol. The number of halogens is 1. The van der Waals surface area contributed by atoms with E-state index in [0.29, 0.717) is 6.54 Å². The van der Waals surface area contributed by atoms with Crippen molar-refractivity contribution < 1.29 is 4.74 Å². The van der Waals surface area contributed by atoms with Gasteiger partial charge >= 0.3 is 0 Å². The van der Waals surface area contributed by atoms with Gasteiger partial charge in [-0.05, 0) is 25.1 Å². The standard InChI is InChI=1S/C20H25N5O.HI/c1-3-21-20(23-14-15-8-4-7-11-18(15)26-2)22-13-12-19-24-16-9-5-6-10-17(16)25-19;/h4-11H,3,12-14H2,1-2H3,(H,24,25)(H2,21,22,23);1H. The zero-order chi connectivity index (χ0) is 18.2. The molecule has 0 saturated carbocycles. The van der Waals surface area contributed by atoms with Gasteiger partial charge in [0.25, 0.3) is 0 Å². The topological polar surface area (TPSA) is 74.3 Å². The first kappa shape index (κ1) is 21.0. The lowest BCUT2D eigenvalue weighted by atomic mass is 10.2. The second-order valence-electron chi connectivity index (χ2n) is 5.88. The lowest BCUT2D eigenvalue weighted by Gasteiger charge is -2.11. The van der Waals surface area contributed by atoms with Crippen LogP contribution in [0, 0.1) is 0 Å². The molecule has 0 fully saturated rings. The van der Waals surface area contributed by atoms with Crippen LogP contribution in [0.25, 0.3) is 11.0 Å². The van der Waals surface area contributed by atoms with Crippen LogP contribution in [0.1, 0.15) is 18.3 Å². The molecule has 27 heavy (non-hydrogen) atoms. The van der Waals surface area contributed by atoms with Gasteiger partial charge < -0.3 is 20.4 Å². The number of nitrogens with one attached hydrogen (secondary N) is 3. The Bertz CT molecular complexity index is 844. The minimum atomic E-state index is 0. The molecule has 144 valence electrons. The number of aromatic nitrogens is 2. The van der Waals surface area contributed by atoms with E-state index < -0.39 is 0 Å². The van der Waals surface area contributed by atoms with Crippen LogP contribution in [0.3, 0.4) is 0 Å². The van der Waals surface area contributed by atoms with E-state index in [1.165, 1.54) is 0 Å². The number of guanidine groups is 1. The van der Waals surface area contributed by atoms with E-state index in [4.69, 9.17) is 4.74 Å². The van der Waals surface area contributed by atoms with Gasteiger partial charge in [0.05, 0.1) is 24.7 Å². The van der Waals surface area contributed by atoms with Crippen molar-refractivity contribution in [1.82, 2.24) is 20.6 Å². The number of imidazole rings is 1. The predicted octanol–water partition coefficient (Wildman–Crippen LogP) is 3.49. The van der Waals surface area contributed by atoms with Gasteiger partial charge in [-0.1, -0.05) is 30.3 Å². The molecule has 0 radical (unpaired) electrons. The van der Waals surface area contributed by atoms with Crippen molar-refractivity contribution in [1.29, 1.82) is 0 Å². The lowest BCUT2D eigenvalue weighted by molar-refractivity contribution is 0.410. The average Bonchev–Trinajstić information content (AvgIpc) is 3.09. The molecule has 0 bridgehead atoms. The molecule has 0 aliphatic heterocycles. The minimum absolute atomic E-state index is 0. The van der Waals surface area contributed by atoms with Gasteiger partial charge in [0.1, 0.15) is 11.6 Å². The minimum Gasteiger partial charge on any atom is -0.496 e. The van der Waals surface area contributed by atoms with E-state index in [1.807, 2.05) is 48.5 Å². The SMILES string of the molecule is CCNC(=NCc1ccccc1OC)NCCc1nc2ccccc2[nH]1.I. The molecular formula is C20H26IN5O. The summed E-state index contributed by atoms with van der Waals surface area (Å²) in [7, 11) is 1.68.